The first kappa shape index (κ1) is 12.1. The third kappa shape index (κ3) is 1.94. The maximum atomic E-state index is 5.91. The zero-order valence-corrected chi connectivity index (χ0v) is 11.7. The van der Waals surface area contributed by atoms with Gasteiger partial charge in [-0.3, -0.25) is 0 Å². The molecule has 2 aliphatic rings. The molecule has 0 aromatic carbocycles. The Bertz CT molecular complexity index is 420. The van der Waals surface area contributed by atoms with Crippen LogP contribution >= 0.6 is 11.5 Å². The van der Waals surface area contributed by atoms with Gasteiger partial charge < -0.3 is 15.4 Å². The second-order valence-corrected chi connectivity index (χ2v) is 5.98. The molecule has 1 saturated heterocycles. The lowest BCUT2D eigenvalue weighted by Gasteiger charge is -2.32. The smallest absolute Gasteiger partial charge is 0.197 e. The molecule has 2 atom stereocenters. The van der Waals surface area contributed by atoms with Gasteiger partial charge in [0.25, 0.3) is 0 Å². The van der Waals surface area contributed by atoms with Crippen molar-refractivity contribution in [2.24, 2.45) is 5.92 Å². The Morgan fingerprint density at radius 3 is 3.06 bits per heavy atom. The van der Waals surface area contributed by atoms with Gasteiger partial charge in [0.2, 0.25) is 0 Å². The van der Waals surface area contributed by atoms with E-state index in [2.05, 4.69) is 9.27 Å². The monoisotopic (exact) mass is 267 g/mol. The molecule has 1 aromatic heterocycles. The number of hydrogen-bond acceptors (Lipinski definition) is 5. The normalized spacial score (nSPS) is 27.3. The summed E-state index contributed by atoms with van der Waals surface area (Å²) in [6.45, 7) is 3.78. The second kappa shape index (κ2) is 4.96. The summed E-state index contributed by atoms with van der Waals surface area (Å²) in [5.74, 6) is 2.24. The predicted molar refractivity (Wildman–Crippen MR) is 75.4 cm³/mol. The molecule has 2 heterocycles. The van der Waals surface area contributed by atoms with Crippen LogP contribution in [0.1, 0.15) is 39.0 Å². The van der Waals surface area contributed by atoms with E-state index in [4.69, 9.17) is 10.5 Å². The van der Waals surface area contributed by atoms with Crippen molar-refractivity contribution in [3.05, 3.63) is 0 Å². The first-order valence-electron chi connectivity index (χ1n) is 6.95. The average molecular weight is 267 g/mol. The zero-order chi connectivity index (χ0) is 12.5. The summed E-state index contributed by atoms with van der Waals surface area (Å²) in [7, 11) is 0. The number of fused-ring (bicyclic) bond motifs is 1. The van der Waals surface area contributed by atoms with Gasteiger partial charge in [-0.15, -0.1) is 0 Å². The van der Waals surface area contributed by atoms with Crippen molar-refractivity contribution in [1.29, 1.82) is 0 Å². The first-order valence-corrected chi connectivity index (χ1v) is 7.73. The molecular formula is C13H21N3OS. The van der Waals surface area contributed by atoms with E-state index in [1.807, 2.05) is 6.92 Å². The molecule has 2 N–H and O–H groups in total. The van der Waals surface area contributed by atoms with E-state index < -0.39 is 0 Å². The van der Waals surface area contributed by atoms with Crippen molar-refractivity contribution in [3.63, 3.8) is 0 Å². The zero-order valence-electron chi connectivity index (χ0n) is 10.9. The van der Waals surface area contributed by atoms with Crippen LogP contribution < -0.4 is 15.4 Å². The highest BCUT2D eigenvalue weighted by Crippen LogP contribution is 2.45. The van der Waals surface area contributed by atoms with E-state index in [0.29, 0.717) is 18.5 Å². The van der Waals surface area contributed by atoms with Crippen LogP contribution in [-0.2, 0) is 0 Å². The third-order valence-corrected chi connectivity index (χ3v) is 5.10. The Labute approximate surface area is 112 Å². The highest BCUT2D eigenvalue weighted by atomic mass is 32.1. The van der Waals surface area contributed by atoms with Crippen LogP contribution in [-0.4, -0.2) is 23.6 Å². The fourth-order valence-electron chi connectivity index (χ4n) is 3.41. The Balaban J connectivity index is 1.86. The Morgan fingerprint density at radius 2 is 2.22 bits per heavy atom. The number of nitrogens with two attached hydrogens (primary N) is 1. The lowest BCUT2D eigenvalue weighted by atomic mass is 9.85. The number of hydrogen-bond donors (Lipinski definition) is 1. The predicted octanol–water partition coefficient (Wildman–Crippen LogP) is 2.89. The molecular weight excluding hydrogens is 246 g/mol. The molecule has 1 aliphatic carbocycles. The van der Waals surface area contributed by atoms with E-state index >= 15 is 0 Å². The van der Waals surface area contributed by atoms with Gasteiger partial charge in [-0.2, -0.15) is 4.37 Å². The number of anilines is 2. The largest absolute Gasteiger partial charge is 0.487 e. The SMILES string of the molecule is CCOc1c(N)nsc1N1CCC2CCCCC21. The Hall–Kier alpha value is -0.970. The number of rotatable bonds is 3. The topological polar surface area (TPSA) is 51.4 Å². The third-order valence-electron chi connectivity index (χ3n) is 4.22. The highest BCUT2D eigenvalue weighted by Gasteiger charge is 2.38. The van der Waals surface area contributed by atoms with Crippen LogP contribution in [0.5, 0.6) is 5.75 Å². The van der Waals surface area contributed by atoms with Crippen LogP contribution in [0.4, 0.5) is 10.8 Å². The van der Waals surface area contributed by atoms with Crippen LogP contribution in [0, 0.1) is 5.92 Å². The maximum Gasteiger partial charge on any atom is 0.197 e. The van der Waals surface area contributed by atoms with E-state index in [9.17, 15) is 0 Å². The van der Waals surface area contributed by atoms with Gasteiger partial charge in [0.1, 0.15) is 0 Å². The lowest BCUT2D eigenvalue weighted by molar-refractivity contribution is 0.332. The number of aromatic nitrogens is 1. The molecule has 1 aromatic rings. The molecule has 0 amide bonds. The van der Waals surface area contributed by atoms with Crippen molar-refractivity contribution in [1.82, 2.24) is 4.37 Å². The fourth-order valence-corrected chi connectivity index (χ4v) is 4.25. The summed E-state index contributed by atoms with van der Waals surface area (Å²) < 4.78 is 9.95. The number of nitrogen functional groups attached to an aromatic ring is 1. The summed E-state index contributed by atoms with van der Waals surface area (Å²) in [5.41, 5.74) is 5.91. The van der Waals surface area contributed by atoms with E-state index in [1.165, 1.54) is 43.6 Å². The lowest BCUT2D eigenvalue weighted by Crippen LogP contribution is -2.34. The molecule has 2 fully saturated rings. The Kier molecular flexibility index (Phi) is 3.33. The number of ether oxygens (including phenoxy) is 1. The van der Waals surface area contributed by atoms with Crippen LogP contribution in [0.2, 0.25) is 0 Å². The van der Waals surface area contributed by atoms with E-state index in [1.54, 1.807) is 0 Å². The van der Waals surface area contributed by atoms with Gasteiger partial charge in [0, 0.05) is 12.6 Å². The summed E-state index contributed by atoms with van der Waals surface area (Å²) >= 11 is 1.50. The van der Waals surface area contributed by atoms with E-state index in [-0.39, 0.29) is 0 Å². The molecule has 5 heteroatoms. The molecule has 0 bridgehead atoms. The van der Waals surface area contributed by atoms with Crippen molar-refractivity contribution in [2.45, 2.75) is 45.1 Å². The molecule has 2 unspecified atom stereocenters. The van der Waals surface area contributed by atoms with Gasteiger partial charge in [-0.05, 0) is 43.6 Å². The van der Waals surface area contributed by atoms with Gasteiger partial charge in [-0.1, -0.05) is 12.8 Å². The summed E-state index contributed by atoms with van der Waals surface area (Å²) in [6.07, 6.45) is 6.77. The van der Waals surface area contributed by atoms with Gasteiger partial charge in [0.15, 0.2) is 16.6 Å². The fraction of sp³-hybridized carbons (Fsp3) is 0.769. The minimum Gasteiger partial charge on any atom is -0.487 e. The molecule has 18 heavy (non-hydrogen) atoms. The molecule has 1 saturated carbocycles. The maximum absolute atomic E-state index is 5.91. The van der Waals surface area contributed by atoms with Gasteiger partial charge in [0.05, 0.1) is 6.61 Å². The highest BCUT2D eigenvalue weighted by molar-refractivity contribution is 7.11. The molecule has 1 aliphatic heterocycles. The standard InChI is InChI=1S/C13H21N3OS/c1-2-17-11-12(14)15-18-13(11)16-8-7-9-5-3-4-6-10(9)16/h9-10H,2-8H2,1H3,(H2,14,15). The molecule has 3 rings (SSSR count). The minimum absolute atomic E-state index is 0.552. The summed E-state index contributed by atoms with van der Waals surface area (Å²) in [6, 6.07) is 0.692. The summed E-state index contributed by atoms with van der Waals surface area (Å²) in [4.78, 5) is 2.50. The number of nitrogens with zero attached hydrogens (tertiary/aromatic N) is 2. The van der Waals surface area contributed by atoms with Crippen molar-refractivity contribution >= 4 is 22.4 Å². The molecule has 4 nitrogen and oxygen atoms in total. The van der Waals surface area contributed by atoms with Crippen LogP contribution in [0.15, 0.2) is 0 Å². The van der Waals surface area contributed by atoms with Gasteiger partial charge >= 0.3 is 0 Å². The van der Waals surface area contributed by atoms with Crippen LogP contribution in [0.25, 0.3) is 0 Å². The molecule has 0 spiro atoms. The molecule has 100 valence electrons. The van der Waals surface area contributed by atoms with Crippen molar-refractivity contribution in [3.8, 4) is 5.75 Å². The summed E-state index contributed by atoms with van der Waals surface area (Å²) in [5, 5.41) is 1.16. The second-order valence-electron chi connectivity index (χ2n) is 5.23. The van der Waals surface area contributed by atoms with Crippen molar-refractivity contribution < 1.29 is 4.74 Å². The Morgan fingerprint density at radius 1 is 1.39 bits per heavy atom. The molecule has 0 radical (unpaired) electrons. The average Bonchev–Trinajstić information content (AvgIpc) is 2.95. The minimum atomic E-state index is 0.552. The van der Waals surface area contributed by atoms with Crippen LogP contribution in [0.3, 0.4) is 0 Å². The first-order chi connectivity index (χ1) is 8.81. The van der Waals surface area contributed by atoms with Gasteiger partial charge in [-0.25, -0.2) is 0 Å². The quantitative estimate of drug-likeness (QED) is 0.915. The van der Waals surface area contributed by atoms with E-state index in [0.717, 1.165) is 23.2 Å². The van der Waals surface area contributed by atoms with Crippen molar-refractivity contribution in [2.75, 3.05) is 23.8 Å².